The van der Waals surface area contributed by atoms with E-state index in [1.807, 2.05) is 6.92 Å². The van der Waals surface area contributed by atoms with Gasteiger partial charge < -0.3 is 15.3 Å². The number of hydrogen-bond acceptors (Lipinski definition) is 3. The van der Waals surface area contributed by atoms with Gasteiger partial charge in [-0.3, -0.25) is 9.59 Å². The molecule has 2 N–H and O–H groups in total. The number of likely N-dealkylation sites (tertiary alicyclic amines) is 1. The number of carboxylic acids is 1. The molecule has 1 aliphatic heterocycles. The molecule has 1 heterocycles. The predicted molar refractivity (Wildman–Crippen MR) is 60.2 cm³/mol. The van der Waals surface area contributed by atoms with Crippen LogP contribution in [0.1, 0.15) is 26.7 Å². The second-order valence-corrected chi connectivity index (χ2v) is 4.14. The molecule has 0 aliphatic carbocycles. The Labute approximate surface area is 100.0 Å². The number of amides is 2. The zero-order valence-corrected chi connectivity index (χ0v) is 10.1. The fourth-order valence-electron chi connectivity index (χ4n) is 1.88. The summed E-state index contributed by atoms with van der Waals surface area (Å²) in [6.07, 6.45) is 0.509. The molecule has 0 radical (unpaired) electrons. The largest absolute Gasteiger partial charge is 0.480 e. The summed E-state index contributed by atoms with van der Waals surface area (Å²) in [5.41, 5.74) is 0. The third kappa shape index (κ3) is 3.18. The molecule has 17 heavy (non-hydrogen) atoms. The normalized spacial score (nSPS) is 21.4. The van der Waals surface area contributed by atoms with Gasteiger partial charge in [-0.1, -0.05) is 6.92 Å². The number of carboxylic acid groups (broad SMARTS) is 1. The zero-order chi connectivity index (χ0) is 13.0. The molecule has 0 spiro atoms. The van der Waals surface area contributed by atoms with Gasteiger partial charge in [-0.25, -0.2) is 4.79 Å². The van der Waals surface area contributed by atoms with Crippen LogP contribution in [0.25, 0.3) is 0 Å². The van der Waals surface area contributed by atoms with E-state index in [2.05, 4.69) is 5.32 Å². The van der Waals surface area contributed by atoms with Crippen molar-refractivity contribution in [1.29, 1.82) is 0 Å². The Morgan fingerprint density at radius 1 is 1.53 bits per heavy atom. The van der Waals surface area contributed by atoms with Gasteiger partial charge in [-0.15, -0.1) is 0 Å². The van der Waals surface area contributed by atoms with Crippen molar-refractivity contribution in [3.63, 3.8) is 0 Å². The first kappa shape index (κ1) is 13.5. The van der Waals surface area contributed by atoms with E-state index >= 15 is 0 Å². The number of hydrogen-bond donors (Lipinski definition) is 2. The highest BCUT2D eigenvalue weighted by Crippen LogP contribution is 2.17. The first-order valence-electron chi connectivity index (χ1n) is 5.80. The minimum absolute atomic E-state index is 0.0453. The van der Waals surface area contributed by atoms with Crippen LogP contribution in [0, 0.1) is 5.92 Å². The third-order valence-electron chi connectivity index (χ3n) is 2.99. The number of nitrogens with zero attached hydrogens (tertiary/aromatic N) is 1. The maximum Gasteiger partial charge on any atom is 0.326 e. The van der Waals surface area contributed by atoms with Gasteiger partial charge in [-0.05, 0) is 13.3 Å². The SMILES string of the molecule is CC[C@@H](NC(=O)C1CC(=O)N(CC)C1)C(=O)O. The van der Waals surface area contributed by atoms with Gasteiger partial charge in [0.25, 0.3) is 0 Å². The summed E-state index contributed by atoms with van der Waals surface area (Å²) >= 11 is 0. The maximum atomic E-state index is 11.8. The van der Waals surface area contributed by atoms with Crippen molar-refractivity contribution in [2.45, 2.75) is 32.7 Å². The summed E-state index contributed by atoms with van der Waals surface area (Å²) in [5.74, 6) is -1.85. The quantitative estimate of drug-likeness (QED) is 0.701. The molecule has 2 atom stereocenters. The molecule has 2 amide bonds. The van der Waals surface area contributed by atoms with E-state index in [4.69, 9.17) is 5.11 Å². The van der Waals surface area contributed by atoms with Gasteiger partial charge in [0.05, 0.1) is 5.92 Å². The second-order valence-electron chi connectivity index (χ2n) is 4.14. The molecule has 1 aliphatic rings. The van der Waals surface area contributed by atoms with E-state index in [1.54, 1.807) is 11.8 Å². The maximum absolute atomic E-state index is 11.8. The minimum Gasteiger partial charge on any atom is -0.480 e. The lowest BCUT2D eigenvalue weighted by Crippen LogP contribution is -2.43. The number of carbonyl (C=O) groups is 3. The molecular weight excluding hydrogens is 224 g/mol. The van der Waals surface area contributed by atoms with Crippen molar-refractivity contribution >= 4 is 17.8 Å². The fourth-order valence-corrected chi connectivity index (χ4v) is 1.88. The van der Waals surface area contributed by atoms with Crippen LogP contribution in [0.15, 0.2) is 0 Å². The Kier molecular flexibility index (Phi) is 4.48. The lowest BCUT2D eigenvalue weighted by molar-refractivity contribution is -0.142. The van der Waals surface area contributed by atoms with Gasteiger partial charge in [-0.2, -0.15) is 0 Å². The molecule has 0 saturated carbocycles. The van der Waals surface area contributed by atoms with E-state index in [0.29, 0.717) is 19.5 Å². The summed E-state index contributed by atoms with van der Waals surface area (Å²) < 4.78 is 0. The Morgan fingerprint density at radius 3 is 2.59 bits per heavy atom. The summed E-state index contributed by atoms with van der Waals surface area (Å²) in [6, 6.07) is -0.867. The first-order chi connectivity index (χ1) is 7.99. The smallest absolute Gasteiger partial charge is 0.326 e. The van der Waals surface area contributed by atoms with Crippen molar-refractivity contribution in [1.82, 2.24) is 10.2 Å². The Morgan fingerprint density at radius 2 is 2.18 bits per heavy atom. The van der Waals surface area contributed by atoms with Crippen LogP contribution in [-0.2, 0) is 14.4 Å². The van der Waals surface area contributed by atoms with Gasteiger partial charge in [0.2, 0.25) is 11.8 Å². The number of nitrogens with one attached hydrogen (secondary N) is 1. The molecule has 1 saturated heterocycles. The summed E-state index contributed by atoms with van der Waals surface area (Å²) in [6.45, 7) is 4.51. The van der Waals surface area contributed by atoms with Crippen molar-refractivity contribution < 1.29 is 19.5 Å². The highest BCUT2D eigenvalue weighted by molar-refractivity contribution is 5.91. The molecule has 1 fully saturated rings. The highest BCUT2D eigenvalue weighted by atomic mass is 16.4. The fraction of sp³-hybridized carbons (Fsp3) is 0.727. The van der Waals surface area contributed by atoms with Gasteiger partial charge >= 0.3 is 5.97 Å². The van der Waals surface area contributed by atoms with Crippen LogP contribution in [0.4, 0.5) is 0 Å². The van der Waals surface area contributed by atoms with E-state index in [1.165, 1.54) is 0 Å². The topological polar surface area (TPSA) is 86.7 Å². The summed E-state index contributed by atoms with van der Waals surface area (Å²) in [4.78, 5) is 35.6. The van der Waals surface area contributed by atoms with Crippen LogP contribution < -0.4 is 5.32 Å². The van der Waals surface area contributed by atoms with E-state index in [9.17, 15) is 14.4 Å². The van der Waals surface area contributed by atoms with Crippen molar-refractivity contribution in [3.05, 3.63) is 0 Å². The van der Waals surface area contributed by atoms with E-state index < -0.39 is 17.9 Å². The average Bonchev–Trinajstić information content (AvgIpc) is 2.66. The predicted octanol–water partition coefficient (Wildman–Crippen LogP) is -0.166. The van der Waals surface area contributed by atoms with E-state index in [-0.39, 0.29) is 18.2 Å². The van der Waals surface area contributed by atoms with Crippen LogP contribution in [0.2, 0.25) is 0 Å². The number of rotatable bonds is 5. The lowest BCUT2D eigenvalue weighted by atomic mass is 10.1. The molecule has 0 bridgehead atoms. The molecule has 6 nitrogen and oxygen atoms in total. The molecular formula is C11H18N2O4. The molecule has 6 heteroatoms. The van der Waals surface area contributed by atoms with Crippen molar-refractivity contribution in [3.8, 4) is 0 Å². The monoisotopic (exact) mass is 242 g/mol. The molecule has 1 rings (SSSR count). The molecule has 1 unspecified atom stereocenters. The summed E-state index contributed by atoms with van der Waals surface area (Å²) in [5, 5.41) is 11.3. The molecule has 96 valence electrons. The Hall–Kier alpha value is -1.59. The Bertz CT molecular complexity index is 329. The van der Waals surface area contributed by atoms with Crippen LogP contribution in [-0.4, -0.2) is 46.9 Å². The third-order valence-corrected chi connectivity index (χ3v) is 2.99. The average molecular weight is 242 g/mol. The van der Waals surface area contributed by atoms with Crippen LogP contribution >= 0.6 is 0 Å². The number of aliphatic carboxylic acids is 1. The second kappa shape index (κ2) is 5.65. The standard InChI is InChI=1S/C11H18N2O4/c1-3-8(11(16)17)12-10(15)7-5-9(14)13(4-2)6-7/h7-8H,3-6H2,1-2H3,(H,12,15)(H,16,17)/t7?,8-/m1/s1. The first-order valence-corrected chi connectivity index (χ1v) is 5.80. The highest BCUT2D eigenvalue weighted by Gasteiger charge is 2.34. The zero-order valence-electron chi connectivity index (χ0n) is 10.1. The molecule has 0 aromatic carbocycles. The van der Waals surface area contributed by atoms with Crippen molar-refractivity contribution in [2.24, 2.45) is 5.92 Å². The summed E-state index contributed by atoms with van der Waals surface area (Å²) in [7, 11) is 0. The minimum atomic E-state index is -1.04. The van der Waals surface area contributed by atoms with Gasteiger partial charge in [0.1, 0.15) is 6.04 Å². The van der Waals surface area contributed by atoms with Crippen LogP contribution in [0.5, 0.6) is 0 Å². The number of carbonyl (C=O) groups excluding carboxylic acids is 2. The van der Waals surface area contributed by atoms with Crippen molar-refractivity contribution in [2.75, 3.05) is 13.1 Å². The van der Waals surface area contributed by atoms with Gasteiger partial charge in [0, 0.05) is 19.5 Å². The van der Waals surface area contributed by atoms with E-state index in [0.717, 1.165) is 0 Å². The molecule has 0 aromatic heterocycles. The van der Waals surface area contributed by atoms with Crippen LogP contribution in [0.3, 0.4) is 0 Å². The Balaban J connectivity index is 2.55. The molecule has 0 aromatic rings. The lowest BCUT2D eigenvalue weighted by Gasteiger charge is -2.16. The van der Waals surface area contributed by atoms with Gasteiger partial charge in [0.15, 0.2) is 0 Å².